The van der Waals surface area contributed by atoms with Crippen molar-refractivity contribution in [2.45, 2.75) is 44.7 Å². The van der Waals surface area contributed by atoms with E-state index in [-0.39, 0.29) is 24.2 Å². The summed E-state index contributed by atoms with van der Waals surface area (Å²) in [6.45, 7) is 2.08. The van der Waals surface area contributed by atoms with Crippen molar-refractivity contribution in [1.29, 1.82) is 0 Å². The molecule has 2 heterocycles. The minimum absolute atomic E-state index is 0.0839. The van der Waals surface area contributed by atoms with Crippen molar-refractivity contribution < 1.29 is 28.2 Å². The summed E-state index contributed by atoms with van der Waals surface area (Å²) in [5.74, 6) is 2.03. The number of benzene rings is 1. The Hall–Kier alpha value is -3.30. The normalized spacial score (nSPS) is 23.2. The number of nitrogens with one attached hydrogen (secondary N) is 1. The van der Waals surface area contributed by atoms with Crippen molar-refractivity contribution in [2.75, 3.05) is 21.3 Å². The Morgan fingerprint density at radius 1 is 1.10 bits per heavy atom. The van der Waals surface area contributed by atoms with Crippen LogP contribution in [-0.4, -0.2) is 53.9 Å². The average molecular weight is 430 g/mol. The topological polar surface area (TPSA) is 116 Å². The smallest absolute Gasteiger partial charge is 0.325 e. The van der Waals surface area contributed by atoms with Crippen molar-refractivity contribution in [3.05, 3.63) is 18.0 Å². The Morgan fingerprint density at radius 3 is 2.32 bits per heavy atom. The van der Waals surface area contributed by atoms with Gasteiger partial charge in [0, 0.05) is 5.56 Å². The van der Waals surface area contributed by atoms with Gasteiger partial charge in [0.15, 0.2) is 11.5 Å². The molecule has 10 nitrogen and oxygen atoms in total. The van der Waals surface area contributed by atoms with Crippen molar-refractivity contribution >= 4 is 11.9 Å². The van der Waals surface area contributed by atoms with Gasteiger partial charge in [-0.3, -0.25) is 9.69 Å². The molecule has 1 spiro atoms. The van der Waals surface area contributed by atoms with E-state index in [0.717, 1.165) is 17.7 Å². The molecule has 166 valence electrons. The molecular formula is C21H26N4O6. The first-order valence-electron chi connectivity index (χ1n) is 10.2. The number of urea groups is 1. The maximum absolute atomic E-state index is 13.0. The van der Waals surface area contributed by atoms with Crippen LogP contribution in [0.15, 0.2) is 16.5 Å². The summed E-state index contributed by atoms with van der Waals surface area (Å²) in [5.41, 5.74) is -0.244. The van der Waals surface area contributed by atoms with E-state index >= 15 is 0 Å². The molecule has 4 rings (SSSR count). The molecule has 2 aromatic rings. The summed E-state index contributed by atoms with van der Waals surface area (Å²) < 4.78 is 21.8. The predicted molar refractivity (Wildman–Crippen MR) is 109 cm³/mol. The number of amides is 3. The minimum Gasteiger partial charge on any atom is -0.493 e. The lowest BCUT2D eigenvalue weighted by Gasteiger charge is -2.33. The molecule has 2 aliphatic rings. The van der Waals surface area contributed by atoms with Crippen molar-refractivity contribution in [3.63, 3.8) is 0 Å². The van der Waals surface area contributed by atoms with E-state index in [1.165, 1.54) is 21.3 Å². The molecule has 1 aliphatic heterocycles. The molecular weight excluding hydrogens is 404 g/mol. The Morgan fingerprint density at radius 2 is 1.74 bits per heavy atom. The molecule has 3 amide bonds. The Kier molecular flexibility index (Phi) is 5.47. The van der Waals surface area contributed by atoms with Gasteiger partial charge in [-0.05, 0) is 43.7 Å². The summed E-state index contributed by atoms with van der Waals surface area (Å²) >= 11 is 0. The summed E-state index contributed by atoms with van der Waals surface area (Å²) in [5, 5.41) is 11.0. The van der Waals surface area contributed by atoms with Crippen LogP contribution < -0.4 is 19.5 Å². The monoisotopic (exact) mass is 430 g/mol. The van der Waals surface area contributed by atoms with Crippen LogP contribution in [0.3, 0.4) is 0 Å². The first kappa shape index (κ1) is 21.0. The lowest BCUT2D eigenvalue weighted by Crippen LogP contribution is -2.49. The summed E-state index contributed by atoms with van der Waals surface area (Å²) in [4.78, 5) is 26.7. The first-order chi connectivity index (χ1) is 14.9. The van der Waals surface area contributed by atoms with Crippen molar-refractivity contribution in [2.24, 2.45) is 5.92 Å². The predicted octanol–water partition coefficient (Wildman–Crippen LogP) is 2.76. The molecule has 0 unspecified atom stereocenters. The van der Waals surface area contributed by atoms with Crippen LogP contribution in [0.4, 0.5) is 4.79 Å². The van der Waals surface area contributed by atoms with Gasteiger partial charge in [-0.2, -0.15) is 0 Å². The van der Waals surface area contributed by atoms with Gasteiger partial charge in [0.05, 0.1) is 21.3 Å². The highest BCUT2D eigenvalue weighted by molar-refractivity contribution is 6.07. The number of methoxy groups -OCH3 is 3. The summed E-state index contributed by atoms with van der Waals surface area (Å²) in [6.07, 6.45) is 3.11. The zero-order valence-electron chi connectivity index (χ0n) is 18.1. The maximum Gasteiger partial charge on any atom is 0.325 e. The lowest BCUT2D eigenvalue weighted by atomic mass is 9.77. The van der Waals surface area contributed by atoms with E-state index in [0.29, 0.717) is 41.6 Å². The maximum atomic E-state index is 13.0. The van der Waals surface area contributed by atoms with Crippen LogP contribution in [0.1, 0.15) is 38.5 Å². The second-order valence-corrected chi connectivity index (χ2v) is 8.00. The molecule has 2 fully saturated rings. The highest BCUT2D eigenvalue weighted by Crippen LogP contribution is 2.41. The lowest BCUT2D eigenvalue weighted by molar-refractivity contribution is -0.133. The number of hydrogen-bond donors (Lipinski definition) is 1. The zero-order chi connectivity index (χ0) is 22.2. The molecule has 0 bridgehead atoms. The van der Waals surface area contributed by atoms with E-state index in [9.17, 15) is 9.59 Å². The number of carbonyl (C=O) groups is 2. The fourth-order valence-electron chi connectivity index (χ4n) is 4.19. The van der Waals surface area contributed by atoms with Crippen LogP contribution in [0.25, 0.3) is 11.5 Å². The third-order valence-electron chi connectivity index (χ3n) is 6.05. The van der Waals surface area contributed by atoms with Gasteiger partial charge in [0.2, 0.25) is 17.5 Å². The molecule has 1 aromatic heterocycles. The molecule has 1 aromatic carbocycles. The van der Waals surface area contributed by atoms with Crippen LogP contribution in [0.2, 0.25) is 0 Å². The molecule has 1 aliphatic carbocycles. The highest BCUT2D eigenvalue weighted by Gasteiger charge is 2.52. The Bertz CT molecular complexity index is 971. The zero-order valence-corrected chi connectivity index (χ0v) is 18.1. The third-order valence-corrected chi connectivity index (χ3v) is 6.05. The minimum atomic E-state index is -0.802. The van der Waals surface area contributed by atoms with E-state index in [1.54, 1.807) is 12.1 Å². The van der Waals surface area contributed by atoms with Gasteiger partial charge in [-0.1, -0.05) is 6.92 Å². The van der Waals surface area contributed by atoms with Crippen LogP contribution in [-0.2, 0) is 11.3 Å². The number of nitrogens with zero attached hydrogens (tertiary/aromatic N) is 3. The van der Waals surface area contributed by atoms with Crippen LogP contribution >= 0.6 is 0 Å². The molecule has 31 heavy (non-hydrogen) atoms. The number of hydrogen-bond acceptors (Lipinski definition) is 8. The quantitative estimate of drug-likeness (QED) is 0.696. The van der Waals surface area contributed by atoms with Gasteiger partial charge in [-0.15, -0.1) is 10.2 Å². The molecule has 1 saturated heterocycles. The van der Waals surface area contributed by atoms with E-state index in [2.05, 4.69) is 22.4 Å². The van der Waals surface area contributed by atoms with Crippen molar-refractivity contribution in [3.8, 4) is 28.7 Å². The standard InChI is InChI=1S/C21H26N4O6/c1-12-5-7-21(8-6-12)19(26)25(20(27)22-21)11-16-23-24-18(31-16)13-9-14(28-2)17(30-4)15(10-13)29-3/h9-10,12H,5-8,11H2,1-4H3,(H,22,27). The van der Waals surface area contributed by atoms with Gasteiger partial charge in [-0.25, -0.2) is 4.79 Å². The first-order valence-corrected chi connectivity index (χ1v) is 10.2. The van der Waals surface area contributed by atoms with E-state index in [4.69, 9.17) is 18.6 Å². The van der Waals surface area contributed by atoms with Gasteiger partial charge in [0.25, 0.3) is 5.91 Å². The SMILES string of the molecule is COc1cc(-c2nnc(CN3C(=O)NC4(CCC(C)CC4)C3=O)o2)cc(OC)c1OC. The second kappa shape index (κ2) is 8.09. The molecule has 0 radical (unpaired) electrons. The third kappa shape index (κ3) is 3.66. The molecule has 0 atom stereocenters. The molecule has 1 saturated carbocycles. The number of aromatic nitrogens is 2. The summed E-state index contributed by atoms with van der Waals surface area (Å²) in [7, 11) is 4.54. The molecule has 10 heteroatoms. The van der Waals surface area contributed by atoms with E-state index < -0.39 is 11.6 Å². The second-order valence-electron chi connectivity index (χ2n) is 8.00. The molecule has 1 N–H and O–H groups in total. The fourth-order valence-corrected chi connectivity index (χ4v) is 4.19. The number of rotatable bonds is 6. The number of imide groups is 1. The van der Waals surface area contributed by atoms with Crippen LogP contribution in [0.5, 0.6) is 17.2 Å². The number of ether oxygens (including phenoxy) is 3. The van der Waals surface area contributed by atoms with Crippen molar-refractivity contribution in [1.82, 2.24) is 20.4 Å². The fraction of sp³-hybridized carbons (Fsp3) is 0.524. The average Bonchev–Trinajstić information content (AvgIpc) is 3.34. The van der Waals surface area contributed by atoms with Crippen LogP contribution in [0, 0.1) is 5.92 Å². The van der Waals surface area contributed by atoms with Gasteiger partial charge in [0.1, 0.15) is 12.1 Å². The van der Waals surface area contributed by atoms with Gasteiger partial charge >= 0.3 is 6.03 Å². The van der Waals surface area contributed by atoms with E-state index in [1.807, 2.05) is 0 Å². The van der Waals surface area contributed by atoms with Gasteiger partial charge < -0.3 is 23.9 Å². The highest BCUT2D eigenvalue weighted by atomic mass is 16.5. The summed E-state index contributed by atoms with van der Waals surface area (Å²) in [6, 6.07) is 2.95. The Labute approximate surface area is 179 Å². The largest absolute Gasteiger partial charge is 0.493 e. The Balaban J connectivity index is 1.55. The number of carbonyl (C=O) groups excluding carboxylic acids is 2.